The summed E-state index contributed by atoms with van der Waals surface area (Å²) in [5.41, 5.74) is 2.01. The molecular weight excluding hydrogens is 556 g/mol. The summed E-state index contributed by atoms with van der Waals surface area (Å²) in [6.45, 7) is 2.88. The average Bonchev–Trinajstić information content (AvgIpc) is 3.00. The molecule has 1 saturated heterocycles. The van der Waals surface area contributed by atoms with E-state index in [4.69, 9.17) is 25.8 Å². The Balaban J connectivity index is 1.23. The van der Waals surface area contributed by atoms with Gasteiger partial charge >= 0.3 is 6.03 Å². The van der Waals surface area contributed by atoms with E-state index in [0.29, 0.717) is 53.5 Å². The van der Waals surface area contributed by atoms with Gasteiger partial charge in [0, 0.05) is 5.02 Å². The Morgan fingerprint density at radius 1 is 0.857 bits per heavy atom. The Labute approximate surface area is 250 Å². The molecule has 0 atom stereocenters. The predicted octanol–water partition coefficient (Wildman–Crippen LogP) is 6.91. The molecule has 0 radical (unpaired) electrons. The van der Waals surface area contributed by atoms with Gasteiger partial charge in [-0.2, -0.15) is 0 Å². The zero-order valence-corrected chi connectivity index (χ0v) is 24.2. The summed E-state index contributed by atoms with van der Waals surface area (Å²) in [6, 6.07) is 18.8. The number of urea groups is 1. The smallest absolute Gasteiger partial charge is 0.335 e. The maximum atomic E-state index is 13.2. The number of carbonyl (C=O) groups is 3. The van der Waals surface area contributed by atoms with Crippen molar-refractivity contribution >= 4 is 41.2 Å². The van der Waals surface area contributed by atoms with E-state index in [1.165, 1.54) is 55.9 Å². The highest BCUT2D eigenvalue weighted by Gasteiger charge is 2.36. The van der Waals surface area contributed by atoms with Crippen LogP contribution in [-0.4, -0.2) is 37.7 Å². The number of imide groups is 2. The minimum atomic E-state index is -0.828. The highest BCUT2D eigenvalue weighted by Crippen LogP contribution is 2.34. The fraction of sp³-hybridized carbons (Fsp3) is 0.303. The molecule has 0 bridgehead atoms. The number of halogens is 1. The maximum Gasteiger partial charge on any atom is 0.335 e. The van der Waals surface area contributed by atoms with Gasteiger partial charge in [-0.3, -0.25) is 14.9 Å². The Morgan fingerprint density at radius 2 is 1.57 bits per heavy atom. The number of benzene rings is 3. The van der Waals surface area contributed by atoms with Gasteiger partial charge in [0.15, 0.2) is 11.5 Å². The standard InChI is InChI=1S/C33H33ClN2O6/c1-2-40-30-21-22(20-28-31(37)35-33(39)36(32(28)38)26-13-11-25(34)12-14-26)8-17-29(30)42-19-18-41-27-15-9-24(10-16-27)23-6-4-3-5-7-23/h8-17,20-21,23H,2-7,18-19H2,1H3,(H,35,37,39). The molecule has 5 rings (SSSR count). The van der Waals surface area contributed by atoms with E-state index >= 15 is 0 Å². The highest BCUT2D eigenvalue weighted by atomic mass is 35.5. The second-order valence-electron chi connectivity index (χ2n) is 10.2. The number of hydrogen-bond acceptors (Lipinski definition) is 6. The number of nitrogens with zero attached hydrogens (tertiary/aromatic N) is 1. The number of carbonyl (C=O) groups excluding carboxylic acids is 3. The Bertz CT molecular complexity index is 1460. The van der Waals surface area contributed by atoms with Crippen molar-refractivity contribution in [3.05, 3.63) is 88.5 Å². The fourth-order valence-electron chi connectivity index (χ4n) is 5.23. The fourth-order valence-corrected chi connectivity index (χ4v) is 5.36. The summed E-state index contributed by atoms with van der Waals surface area (Å²) in [4.78, 5) is 39.1. The molecule has 42 heavy (non-hydrogen) atoms. The number of ether oxygens (including phenoxy) is 3. The van der Waals surface area contributed by atoms with Crippen molar-refractivity contribution in [2.75, 3.05) is 24.7 Å². The van der Waals surface area contributed by atoms with E-state index in [0.717, 1.165) is 10.6 Å². The quantitative estimate of drug-likeness (QED) is 0.157. The van der Waals surface area contributed by atoms with Crippen molar-refractivity contribution in [3.63, 3.8) is 0 Å². The minimum Gasteiger partial charge on any atom is -0.490 e. The molecule has 1 saturated carbocycles. The first-order valence-electron chi connectivity index (χ1n) is 14.2. The van der Waals surface area contributed by atoms with Crippen LogP contribution in [0.15, 0.2) is 72.3 Å². The van der Waals surface area contributed by atoms with Crippen molar-refractivity contribution in [1.82, 2.24) is 5.32 Å². The van der Waals surface area contributed by atoms with Crippen molar-refractivity contribution in [3.8, 4) is 17.2 Å². The van der Waals surface area contributed by atoms with E-state index in [9.17, 15) is 14.4 Å². The first kappa shape index (κ1) is 29.2. The van der Waals surface area contributed by atoms with Crippen LogP contribution < -0.4 is 24.4 Å². The molecule has 8 nitrogen and oxygen atoms in total. The van der Waals surface area contributed by atoms with Crippen LogP contribution >= 0.6 is 11.6 Å². The number of rotatable bonds is 10. The van der Waals surface area contributed by atoms with Crippen LogP contribution in [0.4, 0.5) is 10.5 Å². The normalized spacial score (nSPS) is 16.9. The molecular formula is C33H33ClN2O6. The van der Waals surface area contributed by atoms with Crippen LogP contribution in [0.3, 0.4) is 0 Å². The molecule has 1 aliphatic carbocycles. The highest BCUT2D eigenvalue weighted by molar-refractivity contribution is 6.39. The van der Waals surface area contributed by atoms with Crippen LogP contribution in [0, 0.1) is 0 Å². The van der Waals surface area contributed by atoms with E-state index in [2.05, 4.69) is 17.4 Å². The Kier molecular flexibility index (Phi) is 9.44. The summed E-state index contributed by atoms with van der Waals surface area (Å²) >= 11 is 5.93. The molecule has 1 heterocycles. The SMILES string of the molecule is CCOc1cc(C=C2C(=O)NC(=O)N(c3ccc(Cl)cc3)C2=O)ccc1OCCOc1ccc(C2CCCCC2)cc1. The average molecular weight is 589 g/mol. The molecule has 4 amide bonds. The zero-order valence-electron chi connectivity index (χ0n) is 23.4. The summed E-state index contributed by atoms with van der Waals surface area (Å²) in [5, 5.41) is 2.67. The lowest BCUT2D eigenvalue weighted by Crippen LogP contribution is -2.54. The number of nitrogens with one attached hydrogen (secondary N) is 1. The van der Waals surface area contributed by atoms with Gasteiger partial charge in [-0.05, 0) is 91.4 Å². The lowest BCUT2D eigenvalue weighted by molar-refractivity contribution is -0.122. The molecule has 0 aromatic heterocycles. The van der Waals surface area contributed by atoms with Crippen molar-refractivity contribution < 1.29 is 28.6 Å². The first-order chi connectivity index (χ1) is 20.4. The van der Waals surface area contributed by atoms with E-state index in [1.807, 2.05) is 19.1 Å². The molecule has 2 fully saturated rings. The van der Waals surface area contributed by atoms with Gasteiger partial charge in [-0.25, -0.2) is 9.69 Å². The number of anilines is 1. The van der Waals surface area contributed by atoms with Gasteiger partial charge in [0.05, 0.1) is 12.3 Å². The van der Waals surface area contributed by atoms with E-state index in [1.54, 1.807) is 30.3 Å². The Hall–Kier alpha value is -4.30. The summed E-state index contributed by atoms with van der Waals surface area (Å²) < 4.78 is 17.6. The molecule has 218 valence electrons. The third kappa shape index (κ3) is 6.94. The second kappa shape index (κ2) is 13.6. The van der Waals surface area contributed by atoms with Crippen LogP contribution in [0.5, 0.6) is 17.2 Å². The molecule has 1 aliphatic heterocycles. The molecule has 1 N–H and O–H groups in total. The Morgan fingerprint density at radius 3 is 2.29 bits per heavy atom. The molecule has 0 spiro atoms. The predicted molar refractivity (Wildman–Crippen MR) is 161 cm³/mol. The molecule has 3 aromatic rings. The van der Waals surface area contributed by atoms with Crippen LogP contribution in [0.25, 0.3) is 6.08 Å². The van der Waals surface area contributed by atoms with Gasteiger partial charge in [0.2, 0.25) is 0 Å². The maximum absolute atomic E-state index is 13.2. The largest absolute Gasteiger partial charge is 0.490 e. The molecule has 3 aromatic carbocycles. The summed E-state index contributed by atoms with van der Waals surface area (Å²) in [5.74, 6) is 0.894. The number of amides is 4. The van der Waals surface area contributed by atoms with Crippen LogP contribution in [-0.2, 0) is 9.59 Å². The van der Waals surface area contributed by atoms with Gasteiger partial charge in [0.1, 0.15) is 24.5 Å². The lowest BCUT2D eigenvalue weighted by Gasteiger charge is -2.26. The summed E-state index contributed by atoms with van der Waals surface area (Å²) in [6.07, 6.45) is 7.89. The van der Waals surface area contributed by atoms with Gasteiger partial charge in [-0.15, -0.1) is 0 Å². The second-order valence-corrected chi connectivity index (χ2v) is 10.6. The van der Waals surface area contributed by atoms with Gasteiger partial charge in [-0.1, -0.05) is 49.1 Å². The third-order valence-corrected chi connectivity index (χ3v) is 7.58. The van der Waals surface area contributed by atoms with Crippen molar-refractivity contribution in [2.45, 2.75) is 44.9 Å². The summed E-state index contributed by atoms with van der Waals surface area (Å²) in [7, 11) is 0. The molecule has 9 heteroatoms. The first-order valence-corrected chi connectivity index (χ1v) is 14.6. The zero-order chi connectivity index (χ0) is 29.5. The van der Waals surface area contributed by atoms with Crippen molar-refractivity contribution in [1.29, 1.82) is 0 Å². The van der Waals surface area contributed by atoms with Crippen LogP contribution in [0.2, 0.25) is 5.02 Å². The van der Waals surface area contributed by atoms with Crippen LogP contribution in [0.1, 0.15) is 56.1 Å². The lowest BCUT2D eigenvalue weighted by atomic mass is 9.84. The molecule has 0 unspecified atom stereocenters. The number of hydrogen-bond donors (Lipinski definition) is 1. The van der Waals surface area contributed by atoms with E-state index < -0.39 is 17.8 Å². The van der Waals surface area contributed by atoms with E-state index in [-0.39, 0.29) is 5.57 Å². The topological polar surface area (TPSA) is 94.2 Å². The third-order valence-electron chi connectivity index (χ3n) is 7.33. The van der Waals surface area contributed by atoms with Crippen molar-refractivity contribution in [2.24, 2.45) is 0 Å². The monoisotopic (exact) mass is 588 g/mol. The minimum absolute atomic E-state index is 0.191. The van der Waals surface area contributed by atoms with Gasteiger partial charge in [0.25, 0.3) is 11.8 Å². The van der Waals surface area contributed by atoms with Gasteiger partial charge < -0.3 is 14.2 Å². The molecule has 2 aliphatic rings. The number of barbiturate groups is 1.